The van der Waals surface area contributed by atoms with Gasteiger partial charge in [0, 0.05) is 9.26 Å². The Morgan fingerprint density at radius 2 is 1.90 bits per heavy atom. The second-order valence-electron chi connectivity index (χ2n) is 4.39. The maximum atomic E-state index is 11.9. The minimum atomic E-state index is -0.130. The average molecular weight is 401 g/mol. The molecule has 0 atom stereocenters. The van der Waals surface area contributed by atoms with E-state index in [0.717, 1.165) is 14.8 Å². The number of nitrogens with one attached hydrogen (secondary N) is 2. The summed E-state index contributed by atoms with van der Waals surface area (Å²) >= 11 is 8.31. The topological polar surface area (TPSA) is 41.1 Å². The zero-order valence-corrected chi connectivity index (χ0v) is 13.8. The molecular formula is C15H14ClIN2O. The summed E-state index contributed by atoms with van der Waals surface area (Å²) in [6.07, 6.45) is 0. The van der Waals surface area contributed by atoms with Gasteiger partial charge >= 0.3 is 0 Å². The van der Waals surface area contributed by atoms with Gasteiger partial charge in [-0.25, -0.2) is 0 Å². The van der Waals surface area contributed by atoms with Gasteiger partial charge in [-0.05, 0) is 71.5 Å². The maximum Gasteiger partial charge on any atom is 0.243 e. The lowest BCUT2D eigenvalue weighted by Gasteiger charge is -2.09. The summed E-state index contributed by atoms with van der Waals surface area (Å²) in [7, 11) is 0. The van der Waals surface area contributed by atoms with Gasteiger partial charge in [-0.1, -0.05) is 17.7 Å². The summed E-state index contributed by atoms with van der Waals surface area (Å²) in [4.78, 5) is 11.9. The van der Waals surface area contributed by atoms with E-state index < -0.39 is 0 Å². The van der Waals surface area contributed by atoms with E-state index >= 15 is 0 Å². The predicted molar refractivity (Wildman–Crippen MR) is 92.5 cm³/mol. The SMILES string of the molecule is Cc1ccc(NC(=O)CNc2ccc(I)cc2)c(Cl)c1. The highest BCUT2D eigenvalue weighted by molar-refractivity contribution is 14.1. The van der Waals surface area contributed by atoms with Gasteiger partial charge in [0.1, 0.15) is 0 Å². The number of carbonyl (C=O) groups is 1. The summed E-state index contributed by atoms with van der Waals surface area (Å²) in [5, 5.41) is 6.40. The molecule has 1 amide bonds. The van der Waals surface area contributed by atoms with E-state index in [1.54, 1.807) is 6.07 Å². The molecule has 3 nitrogen and oxygen atoms in total. The molecule has 0 bridgehead atoms. The number of hydrogen-bond donors (Lipinski definition) is 2. The molecule has 0 spiro atoms. The van der Waals surface area contributed by atoms with Gasteiger partial charge in [0.05, 0.1) is 17.3 Å². The number of amides is 1. The van der Waals surface area contributed by atoms with Crippen LogP contribution in [0.5, 0.6) is 0 Å². The lowest BCUT2D eigenvalue weighted by Crippen LogP contribution is -2.21. The highest BCUT2D eigenvalue weighted by atomic mass is 127. The van der Waals surface area contributed by atoms with E-state index in [0.29, 0.717) is 10.7 Å². The maximum absolute atomic E-state index is 11.9. The number of benzene rings is 2. The summed E-state index contributed by atoms with van der Waals surface area (Å²) in [6, 6.07) is 13.4. The molecule has 0 heterocycles. The van der Waals surface area contributed by atoms with Crippen molar-refractivity contribution < 1.29 is 4.79 Å². The van der Waals surface area contributed by atoms with Crippen LogP contribution in [0.25, 0.3) is 0 Å². The van der Waals surface area contributed by atoms with Crippen LogP contribution in [-0.4, -0.2) is 12.5 Å². The van der Waals surface area contributed by atoms with Crippen molar-refractivity contribution in [2.45, 2.75) is 6.92 Å². The monoisotopic (exact) mass is 400 g/mol. The Balaban J connectivity index is 1.90. The van der Waals surface area contributed by atoms with E-state index in [1.165, 1.54) is 0 Å². The molecule has 2 rings (SSSR count). The summed E-state index contributed by atoms with van der Waals surface area (Å²) < 4.78 is 1.16. The second kappa shape index (κ2) is 6.95. The Bertz CT molecular complexity index is 614. The van der Waals surface area contributed by atoms with E-state index in [9.17, 15) is 4.79 Å². The van der Waals surface area contributed by atoms with Crippen molar-refractivity contribution in [2.75, 3.05) is 17.2 Å². The van der Waals surface area contributed by atoms with Gasteiger partial charge in [0.2, 0.25) is 5.91 Å². The number of anilines is 2. The molecule has 0 aliphatic heterocycles. The zero-order valence-electron chi connectivity index (χ0n) is 10.9. The van der Waals surface area contributed by atoms with Crippen LogP contribution in [-0.2, 0) is 4.79 Å². The van der Waals surface area contributed by atoms with Crippen LogP contribution in [0.4, 0.5) is 11.4 Å². The van der Waals surface area contributed by atoms with E-state index in [-0.39, 0.29) is 12.5 Å². The largest absolute Gasteiger partial charge is 0.376 e. The van der Waals surface area contributed by atoms with E-state index in [4.69, 9.17) is 11.6 Å². The fraction of sp³-hybridized carbons (Fsp3) is 0.133. The quantitative estimate of drug-likeness (QED) is 0.751. The summed E-state index contributed by atoms with van der Waals surface area (Å²) in [6.45, 7) is 2.15. The molecule has 2 aromatic carbocycles. The molecule has 0 saturated heterocycles. The molecule has 0 radical (unpaired) electrons. The molecule has 0 aliphatic rings. The number of carbonyl (C=O) groups excluding carboxylic acids is 1. The Morgan fingerprint density at radius 1 is 1.20 bits per heavy atom. The summed E-state index contributed by atoms with van der Waals surface area (Å²) in [5.74, 6) is -0.130. The Hall–Kier alpha value is -1.27. The molecule has 0 aromatic heterocycles. The van der Waals surface area contributed by atoms with Crippen molar-refractivity contribution in [1.29, 1.82) is 0 Å². The first-order valence-electron chi connectivity index (χ1n) is 6.10. The molecule has 0 aliphatic carbocycles. The molecule has 5 heteroatoms. The van der Waals surface area contributed by atoms with Crippen LogP contribution in [0.2, 0.25) is 5.02 Å². The zero-order chi connectivity index (χ0) is 14.5. The van der Waals surface area contributed by atoms with Crippen molar-refractivity contribution in [3.8, 4) is 0 Å². The predicted octanol–water partition coefficient (Wildman–Crippen LogP) is 4.30. The molecule has 20 heavy (non-hydrogen) atoms. The lowest BCUT2D eigenvalue weighted by molar-refractivity contribution is -0.114. The fourth-order valence-corrected chi connectivity index (χ4v) is 2.31. The van der Waals surface area contributed by atoms with Crippen molar-refractivity contribution in [3.05, 3.63) is 56.6 Å². The first kappa shape index (κ1) is 15.1. The Kier molecular flexibility index (Phi) is 5.25. The van der Waals surface area contributed by atoms with Gasteiger partial charge in [-0.15, -0.1) is 0 Å². The van der Waals surface area contributed by atoms with Crippen molar-refractivity contribution in [1.82, 2.24) is 0 Å². The van der Waals surface area contributed by atoms with Crippen molar-refractivity contribution in [2.24, 2.45) is 0 Å². The van der Waals surface area contributed by atoms with Gasteiger partial charge < -0.3 is 10.6 Å². The van der Waals surface area contributed by atoms with Crippen LogP contribution in [0.15, 0.2) is 42.5 Å². The van der Waals surface area contributed by atoms with Crippen LogP contribution in [0.1, 0.15) is 5.56 Å². The van der Waals surface area contributed by atoms with Crippen LogP contribution in [0.3, 0.4) is 0 Å². The third-order valence-electron chi connectivity index (χ3n) is 2.70. The summed E-state index contributed by atoms with van der Waals surface area (Å²) in [5.41, 5.74) is 2.60. The number of aryl methyl sites for hydroxylation is 1. The van der Waals surface area contributed by atoms with Crippen LogP contribution < -0.4 is 10.6 Å². The highest BCUT2D eigenvalue weighted by Gasteiger charge is 2.05. The third kappa shape index (κ3) is 4.38. The molecule has 2 aromatic rings. The molecule has 0 unspecified atom stereocenters. The van der Waals surface area contributed by atoms with Crippen LogP contribution >= 0.6 is 34.2 Å². The average Bonchev–Trinajstić information content (AvgIpc) is 2.41. The first-order valence-corrected chi connectivity index (χ1v) is 7.56. The minimum absolute atomic E-state index is 0.130. The highest BCUT2D eigenvalue weighted by Crippen LogP contribution is 2.22. The molecular weight excluding hydrogens is 387 g/mol. The van der Waals surface area contributed by atoms with Gasteiger partial charge in [-0.2, -0.15) is 0 Å². The van der Waals surface area contributed by atoms with Crippen LogP contribution in [0, 0.1) is 10.5 Å². The third-order valence-corrected chi connectivity index (χ3v) is 3.73. The number of rotatable bonds is 4. The molecule has 0 fully saturated rings. The molecule has 104 valence electrons. The smallest absolute Gasteiger partial charge is 0.243 e. The van der Waals surface area contributed by atoms with Gasteiger partial charge in [-0.3, -0.25) is 4.79 Å². The fourth-order valence-electron chi connectivity index (χ4n) is 1.67. The Morgan fingerprint density at radius 3 is 2.55 bits per heavy atom. The number of hydrogen-bond acceptors (Lipinski definition) is 2. The van der Waals surface area contributed by atoms with Gasteiger partial charge in [0.25, 0.3) is 0 Å². The standard InChI is InChI=1S/C15H14ClIN2O/c1-10-2-7-14(13(16)8-10)19-15(20)9-18-12-5-3-11(17)4-6-12/h2-8,18H,9H2,1H3,(H,19,20). The number of halogens is 2. The Labute approximate surface area is 136 Å². The van der Waals surface area contributed by atoms with Gasteiger partial charge in [0.15, 0.2) is 0 Å². The first-order chi connectivity index (χ1) is 9.54. The van der Waals surface area contributed by atoms with Crippen molar-refractivity contribution >= 4 is 51.5 Å². The van der Waals surface area contributed by atoms with E-state index in [2.05, 4.69) is 33.2 Å². The normalized spacial score (nSPS) is 10.2. The van der Waals surface area contributed by atoms with Crippen molar-refractivity contribution in [3.63, 3.8) is 0 Å². The lowest BCUT2D eigenvalue weighted by atomic mass is 10.2. The molecule has 2 N–H and O–H groups in total. The molecule has 0 saturated carbocycles. The minimum Gasteiger partial charge on any atom is -0.376 e. The second-order valence-corrected chi connectivity index (χ2v) is 6.04. The van der Waals surface area contributed by atoms with E-state index in [1.807, 2.05) is 43.3 Å².